The summed E-state index contributed by atoms with van der Waals surface area (Å²) in [6, 6.07) is 11.3. The number of nitrogens with zero attached hydrogens (tertiary/aromatic N) is 3. The number of aromatic nitrogens is 3. The van der Waals surface area contributed by atoms with Gasteiger partial charge in [-0.15, -0.1) is 5.10 Å². The highest BCUT2D eigenvalue weighted by Crippen LogP contribution is 2.19. The maximum atomic E-state index is 13.9. The predicted octanol–water partition coefficient (Wildman–Crippen LogP) is 3.72. The molecule has 0 aliphatic heterocycles. The van der Waals surface area contributed by atoms with Crippen molar-refractivity contribution in [1.82, 2.24) is 15.0 Å². The molecule has 3 rings (SSSR count). The Morgan fingerprint density at radius 1 is 1.28 bits per heavy atom. The number of rotatable bonds is 4. The third-order valence-electron chi connectivity index (χ3n) is 3.43. The number of nitrogens with two attached hydrogens (primary N) is 1. The van der Waals surface area contributed by atoms with E-state index in [-0.39, 0.29) is 18.1 Å². The molecular weight excluding hydrogens is 413 g/mol. The Morgan fingerprint density at radius 3 is 2.68 bits per heavy atom. The maximum absolute atomic E-state index is 13.9. The maximum Gasteiger partial charge on any atom is 0.280 e. The molecule has 0 fully saturated rings. The van der Waals surface area contributed by atoms with Crippen LogP contribution in [0.25, 0.3) is 0 Å². The molecule has 9 heteroatoms. The van der Waals surface area contributed by atoms with Gasteiger partial charge in [-0.05, 0) is 36.4 Å². The summed E-state index contributed by atoms with van der Waals surface area (Å²) < 4.78 is 15.8. The highest BCUT2D eigenvalue weighted by Gasteiger charge is 2.18. The van der Waals surface area contributed by atoms with Crippen LogP contribution < -0.4 is 11.1 Å². The SMILES string of the molecule is Nc1c(C(=O)Nc2ccc(Cl)cc2)nnn1Cc1ccc(Br)cc1F. The van der Waals surface area contributed by atoms with Crippen LogP contribution in [0.2, 0.25) is 5.02 Å². The number of hydrogen-bond donors (Lipinski definition) is 2. The van der Waals surface area contributed by atoms with Crippen molar-refractivity contribution in [3.05, 3.63) is 69.0 Å². The van der Waals surface area contributed by atoms with Gasteiger partial charge < -0.3 is 11.1 Å². The fourth-order valence-corrected chi connectivity index (χ4v) is 2.59. The van der Waals surface area contributed by atoms with Crippen molar-refractivity contribution in [2.75, 3.05) is 11.1 Å². The molecule has 6 nitrogen and oxygen atoms in total. The molecule has 3 N–H and O–H groups in total. The van der Waals surface area contributed by atoms with Crippen LogP contribution in [0.5, 0.6) is 0 Å². The summed E-state index contributed by atoms with van der Waals surface area (Å²) in [5, 5.41) is 10.8. The third-order valence-corrected chi connectivity index (χ3v) is 4.17. The van der Waals surface area contributed by atoms with Gasteiger partial charge in [0.15, 0.2) is 11.5 Å². The average molecular weight is 425 g/mol. The Labute approximate surface area is 155 Å². The molecule has 0 aliphatic rings. The molecule has 2 aromatic carbocycles. The Kier molecular flexibility index (Phi) is 5.00. The van der Waals surface area contributed by atoms with E-state index in [2.05, 4.69) is 31.6 Å². The number of halogens is 3. The minimum Gasteiger partial charge on any atom is -0.382 e. The van der Waals surface area contributed by atoms with E-state index in [9.17, 15) is 9.18 Å². The molecule has 0 unspecified atom stereocenters. The number of carbonyl (C=O) groups excluding carboxylic acids is 1. The third kappa shape index (κ3) is 3.97. The zero-order valence-corrected chi connectivity index (χ0v) is 15.1. The van der Waals surface area contributed by atoms with Gasteiger partial charge in [0, 0.05) is 20.7 Å². The molecule has 0 saturated carbocycles. The van der Waals surface area contributed by atoms with Gasteiger partial charge in [-0.1, -0.05) is 38.8 Å². The Hall–Kier alpha value is -2.45. The van der Waals surface area contributed by atoms with Crippen molar-refractivity contribution in [2.24, 2.45) is 0 Å². The summed E-state index contributed by atoms with van der Waals surface area (Å²) >= 11 is 9.00. The first-order valence-electron chi connectivity index (χ1n) is 7.14. The normalized spacial score (nSPS) is 10.7. The first-order chi connectivity index (χ1) is 11.9. The van der Waals surface area contributed by atoms with Gasteiger partial charge in [-0.2, -0.15) is 0 Å². The van der Waals surface area contributed by atoms with Crippen LogP contribution in [0.1, 0.15) is 16.1 Å². The second kappa shape index (κ2) is 7.20. The molecule has 0 saturated heterocycles. The molecule has 25 heavy (non-hydrogen) atoms. The molecule has 0 radical (unpaired) electrons. The van der Waals surface area contributed by atoms with Crippen LogP contribution in [0.3, 0.4) is 0 Å². The molecule has 0 atom stereocenters. The van der Waals surface area contributed by atoms with Gasteiger partial charge in [0.25, 0.3) is 5.91 Å². The summed E-state index contributed by atoms with van der Waals surface area (Å²) in [6.07, 6.45) is 0. The van der Waals surface area contributed by atoms with E-state index >= 15 is 0 Å². The predicted molar refractivity (Wildman–Crippen MR) is 97.0 cm³/mol. The van der Waals surface area contributed by atoms with Crippen molar-refractivity contribution in [2.45, 2.75) is 6.54 Å². The largest absolute Gasteiger partial charge is 0.382 e. The monoisotopic (exact) mass is 423 g/mol. The van der Waals surface area contributed by atoms with Crippen molar-refractivity contribution < 1.29 is 9.18 Å². The molecule has 0 bridgehead atoms. The van der Waals surface area contributed by atoms with Crippen LogP contribution in [0.4, 0.5) is 15.9 Å². The molecule has 0 aliphatic carbocycles. The second-order valence-corrected chi connectivity index (χ2v) is 6.53. The van der Waals surface area contributed by atoms with Gasteiger partial charge in [-0.3, -0.25) is 4.79 Å². The minimum absolute atomic E-state index is 0.0348. The topological polar surface area (TPSA) is 85.8 Å². The molecular formula is C16H12BrClFN5O. The summed E-state index contributed by atoms with van der Waals surface area (Å²) in [6.45, 7) is 0.0617. The van der Waals surface area contributed by atoms with Crippen LogP contribution in [0, 0.1) is 5.82 Å². The quantitative estimate of drug-likeness (QED) is 0.668. The number of nitrogen functional groups attached to an aromatic ring is 1. The van der Waals surface area contributed by atoms with Crippen molar-refractivity contribution in [3.63, 3.8) is 0 Å². The van der Waals surface area contributed by atoms with E-state index in [1.165, 1.54) is 10.7 Å². The van der Waals surface area contributed by atoms with Gasteiger partial charge in [0.05, 0.1) is 6.54 Å². The number of anilines is 2. The summed E-state index contributed by atoms with van der Waals surface area (Å²) in [5.74, 6) is -0.868. The van der Waals surface area contributed by atoms with Gasteiger partial charge in [0.1, 0.15) is 5.82 Å². The number of amides is 1. The Balaban J connectivity index is 1.78. The van der Waals surface area contributed by atoms with E-state index in [0.29, 0.717) is 20.7 Å². The molecule has 1 heterocycles. The van der Waals surface area contributed by atoms with Crippen molar-refractivity contribution in [3.8, 4) is 0 Å². The lowest BCUT2D eigenvalue weighted by atomic mass is 10.2. The molecule has 1 aromatic heterocycles. The summed E-state index contributed by atoms with van der Waals surface area (Å²) in [5.41, 5.74) is 6.82. The van der Waals surface area contributed by atoms with Crippen LogP contribution in [-0.2, 0) is 6.54 Å². The fourth-order valence-electron chi connectivity index (χ4n) is 2.13. The smallest absolute Gasteiger partial charge is 0.280 e. The number of hydrogen-bond acceptors (Lipinski definition) is 4. The number of carbonyl (C=O) groups is 1. The number of nitrogens with one attached hydrogen (secondary N) is 1. The van der Waals surface area contributed by atoms with E-state index < -0.39 is 11.7 Å². The van der Waals surface area contributed by atoms with Crippen molar-refractivity contribution in [1.29, 1.82) is 0 Å². The van der Waals surface area contributed by atoms with Crippen LogP contribution >= 0.6 is 27.5 Å². The number of benzene rings is 2. The van der Waals surface area contributed by atoms with Gasteiger partial charge >= 0.3 is 0 Å². The van der Waals surface area contributed by atoms with Crippen molar-refractivity contribution >= 4 is 44.9 Å². The van der Waals surface area contributed by atoms with Crippen LogP contribution in [0.15, 0.2) is 46.9 Å². The first-order valence-corrected chi connectivity index (χ1v) is 8.31. The van der Waals surface area contributed by atoms with Gasteiger partial charge in [-0.25, -0.2) is 9.07 Å². The van der Waals surface area contributed by atoms with E-state index in [1.54, 1.807) is 36.4 Å². The second-order valence-electron chi connectivity index (χ2n) is 5.18. The zero-order valence-electron chi connectivity index (χ0n) is 12.7. The Bertz CT molecular complexity index is 929. The molecule has 3 aromatic rings. The van der Waals surface area contributed by atoms with Gasteiger partial charge in [0.2, 0.25) is 0 Å². The highest BCUT2D eigenvalue weighted by molar-refractivity contribution is 9.10. The lowest BCUT2D eigenvalue weighted by molar-refractivity contribution is 0.102. The lowest BCUT2D eigenvalue weighted by Crippen LogP contribution is -2.15. The highest BCUT2D eigenvalue weighted by atomic mass is 79.9. The summed E-state index contributed by atoms with van der Waals surface area (Å²) in [4.78, 5) is 12.3. The molecule has 0 spiro atoms. The zero-order chi connectivity index (χ0) is 18.0. The fraction of sp³-hybridized carbons (Fsp3) is 0.0625. The Morgan fingerprint density at radius 2 is 2.00 bits per heavy atom. The average Bonchev–Trinajstić information content (AvgIpc) is 2.93. The van der Waals surface area contributed by atoms with Crippen LogP contribution in [-0.4, -0.2) is 20.9 Å². The molecule has 128 valence electrons. The van der Waals surface area contributed by atoms with E-state index in [0.717, 1.165) is 0 Å². The standard InChI is InChI=1S/C16H12BrClFN5O/c17-10-2-1-9(13(19)7-10)8-24-15(20)14(22-23-24)16(25)21-12-5-3-11(18)4-6-12/h1-7H,8,20H2,(H,21,25). The minimum atomic E-state index is -0.512. The van der Waals surface area contributed by atoms with E-state index in [1.807, 2.05) is 0 Å². The first kappa shape index (κ1) is 17.4. The lowest BCUT2D eigenvalue weighted by Gasteiger charge is -2.06. The summed E-state index contributed by atoms with van der Waals surface area (Å²) in [7, 11) is 0. The van der Waals surface area contributed by atoms with E-state index in [4.69, 9.17) is 17.3 Å². The molecule has 1 amide bonds.